The van der Waals surface area contributed by atoms with Crippen molar-refractivity contribution in [1.82, 2.24) is 0 Å². The maximum atomic E-state index is 8.87. The van der Waals surface area contributed by atoms with E-state index in [0.29, 0.717) is 18.4 Å². The highest BCUT2D eigenvalue weighted by Crippen LogP contribution is 2.60. The number of allylic oxidation sites excluding steroid dienone is 10. The van der Waals surface area contributed by atoms with Gasteiger partial charge in [-0.3, -0.25) is 5.26 Å². The number of rotatable bonds is 15. The van der Waals surface area contributed by atoms with Crippen LogP contribution in [0, 0.1) is 17.3 Å². The molecule has 0 spiro atoms. The van der Waals surface area contributed by atoms with Crippen molar-refractivity contribution in [2.24, 2.45) is 17.3 Å². The van der Waals surface area contributed by atoms with E-state index in [0.717, 1.165) is 51.4 Å². The van der Waals surface area contributed by atoms with E-state index in [9.17, 15) is 0 Å². The lowest BCUT2D eigenvalue weighted by Gasteiger charge is -2.03. The molecule has 2 nitrogen and oxygen atoms in total. The summed E-state index contributed by atoms with van der Waals surface area (Å²) < 4.78 is 0. The van der Waals surface area contributed by atoms with Gasteiger partial charge in [-0.05, 0) is 62.7 Å². The smallest absolute Gasteiger partial charge is 0.0862 e. The second kappa shape index (κ2) is 14.6. The Hall–Kier alpha value is -1.38. The molecular formula is C25H40O2. The molecule has 0 aliphatic heterocycles. The Labute approximate surface area is 167 Å². The van der Waals surface area contributed by atoms with Crippen LogP contribution in [0.1, 0.15) is 72.1 Å². The SMILES string of the molecule is CCC=CCCC=CCCC=CC1C(COO)C1(C)C=CCCC=CCC. The van der Waals surface area contributed by atoms with E-state index in [2.05, 4.69) is 86.4 Å². The Kier molecular flexibility index (Phi) is 12.8. The fourth-order valence-electron chi connectivity index (χ4n) is 3.56. The molecule has 3 unspecified atom stereocenters. The Morgan fingerprint density at radius 2 is 1.22 bits per heavy atom. The topological polar surface area (TPSA) is 29.5 Å². The van der Waals surface area contributed by atoms with Gasteiger partial charge in [0.25, 0.3) is 0 Å². The van der Waals surface area contributed by atoms with Crippen LogP contribution in [0.3, 0.4) is 0 Å². The van der Waals surface area contributed by atoms with Crippen molar-refractivity contribution in [3.8, 4) is 0 Å². The van der Waals surface area contributed by atoms with Crippen molar-refractivity contribution in [1.29, 1.82) is 0 Å². The van der Waals surface area contributed by atoms with E-state index in [1.165, 1.54) is 0 Å². The second-order valence-corrected chi connectivity index (χ2v) is 7.59. The first-order valence-corrected chi connectivity index (χ1v) is 10.8. The third-order valence-corrected chi connectivity index (χ3v) is 5.39. The van der Waals surface area contributed by atoms with Crippen LogP contribution < -0.4 is 0 Å². The van der Waals surface area contributed by atoms with E-state index in [-0.39, 0.29) is 5.41 Å². The van der Waals surface area contributed by atoms with Gasteiger partial charge in [0.05, 0.1) is 6.61 Å². The zero-order chi connectivity index (χ0) is 19.8. The van der Waals surface area contributed by atoms with Gasteiger partial charge in [0.2, 0.25) is 0 Å². The summed E-state index contributed by atoms with van der Waals surface area (Å²) in [6, 6.07) is 0. The molecule has 0 aromatic carbocycles. The van der Waals surface area contributed by atoms with Crippen molar-refractivity contribution in [2.45, 2.75) is 72.1 Å². The lowest BCUT2D eigenvalue weighted by atomic mass is 10.0. The van der Waals surface area contributed by atoms with E-state index in [1.54, 1.807) is 0 Å². The molecule has 1 N–H and O–H groups in total. The third-order valence-electron chi connectivity index (χ3n) is 5.39. The average Bonchev–Trinajstić information content (AvgIpc) is 3.22. The number of hydrogen-bond acceptors (Lipinski definition) is 2. The molecule has 27 heavy (non-hydrogen) atoms. The molecule has 0 aromatic heterocycles. The third kappa shape index (κ3) is 9.39. The first kappa shape index (κ1) is 23.7. The Bertz CT molecular complexity index is 512. The fourth-order valence-corrected chi connectivity index (χ4v) is 3.56. The number of hydrogen-bond donors (Lipinski definition) is 1. The molecular weight excluding hydrogens is 332 g/mol. The first-order valence-electron chi connectivity index (χ1n) is 10.8. The molecule has 1 rings (SSSR count). The van der Waals surface area contributed by atoms with Gasteiger partial charge in [-0.15, -0.1) is 0 Å². The molecule has 0 radical (unpaired) electrons. The maximum Gasteiger partial charge on any atom is 0.0862 e. The lowest BCUT2D eigenvalue weighted by molar-refractivity contribution is -0.247. The Morgan fingerprint density at radius 1 is 0.741 bits per heavy atom. The van der Waals surface area contributed by atoms with E-state index < -0.39 is 0 Å². The average molecular weight is 373 g/mol. The molecule has 0 saturated heterocycles. The molecule has 0 amide bonds. The molecule has 152 valence electrons. The zero-order valence-electron chi connectivity index (χ0n) is 17.6. The minimum absolute atomic E-state index is 0.120. The summed E-state index contributed by atoms with van der Waals surface area (Å²) in [4.78, 5) is 4.45. The maximum absolute atomic E-state index is 8.87. The molecule has 3 atom stereocenters. The van der Waals surface area contributed by atoms with Crippen molar-refractivity contribution in [2.75, 3.05) is 6.61 Å². The van der Waals surface area contributed by atoms with Gasteiger partial charge in [0.15, 0.2) is 0 Å². The summed E-state index contributed by atoms with van der Waals surface area (Å²) >= 11 is 0. The minimum atomic E-state index is 0.120. The molecule has 0 heterocycles. The highest BCUT2D eigenvalue weighted by Gasteiger charge is 2.57. The van der Waals surface area contributed by atoms with Crippen molar-refractivity contribution < 1.29 is 10.1 Å². The van der Waals surface area contributed by atoms with Crippen LogP contribution in [-0.2, 0) is 4.89 Å². The fraction of sp³-hybridized carbons (Fsp3) is 0.600. The summed E-state index contributed by atoms with van der Waals surface area (Å²) in [7, 11) is 0. The van der Waals surface area contributed by atoms with Crippen LogP contribution in [-0.4, -0.2) is 11.9 Å². The van der Waals surface area contributed by atoms with Gasteiger partial charge < -0.3 is 0 Å². The molecule has 1 fully saturated rings. The summed E-state index contributed by atoms with van der Waals surface area (Å²) in [6.07, 6.45) is 31.6. The molecule has 1 aliphatic rings. The summed E-state index contributed by atoms with van der Waals surface area (Å²) in [6.45, 7) is 7.01. The largest absolute Gasteiger partial charge is 0.252 e. The van der Waals surface area contributed by atoms with Crippen molar-refractivity contribution in [3.63, 3.8) is 0 Å². The van der Waals surface area contributed by atoms with Gasteiger partial charge >= 0.3 is 0 Å². The number of unbranched alkanes of at least 4 members (excludes halogenated alkanes) is 3. The van der Waals surface area contributed by atoms with Gasteiger partial charge in [0.1, 0.15) is 0 Å². The molecule has 1 aliphatic carbocycles. The standard InChI is InChI=1S/C25H40O2/c1-4-6-8-10-12-13-14-15-16-18-20-23-24(22-27-26)25(23,3)21-19-17-11-9-7-5-2/h6-9,13-14,18-21,23-24,26H,4-5,10-12,15-17,22H2,1-3H3. The van der Waals surface area contributed by atoms with Crippen molar-refractivity contribution in [3.05, 3.63) is 60.8 Å². The second-order valence-electron chi connectivity index (χ2n) is 7.59. The minimum Gasteiger partial charge on any atom is -0.252 e. The molecule has 0 bridgehead atoms. The monoisotopic (exact) mass is 372 g/mol. The Morgan fingerprint density at radius 3 is 1.74 bits per heavy atom. The van der Waals surface area contributed by atoms with E-state index in [1.807, 2.05) is 0 Å². The molecule has 2 heteroatoms. The lowest BCUT2D eigenvalue weighted by Crippen LogP contribution is -1.99. The highest BCUT2D eigenvalue weighted by atomic mass is 17.1. The van der Waals surface area contributed by atoms with E-state index in [4.69, 9.17) is 5.26 Å². The Balaban J connectivity index is 2.33. The van der Waals surface area contributed by atoms with Gasteiger partial charge in [0, 0.05) is 5.92 Å². The van der Waals surface area contributed by atoms with Crippen LogP contribution in [0.2, 0.25) is 0 Å². The van der Waals surface area contributed by atoms with Gasteiger partial charge in [-0.25, -0.2) is 4.89 Å². The molecule has 1 saturated carbocycles. The van der Waals surface area contributed by atoms with E-state index >= 15 is 0 Å². The predicted molar refractivity (Wildman–Crippen MR) is 118 cm³/mol. The van der Waals surface area contributed by atoms with Crippen LogP contribution in [0.5, 0.6) is 0 Å². The van der Waals surface area contributed by atoms with Gasteiger partial charge in [-0.2, -0.15) is 0 Å². The van der Waals surface area contributed by atoms with Crippen molar-refractivity contribution >= 4 is 0 Å². The van der Waals surface area contributed by atoms with Gasteiger partial charge in [-0.1, -0.05) is 81.5 Å². The summed E-state index contributed by atoms with van der Waals surface area (Å²) in [5.74, 6) is 0.845. The van der Waals surface area contributed by atoms with Crippen LogP contribution in [0.25, 0.3) is 0 Å². The van der Waals surface area contributed by atoms with Crippen LogP contribution >= 0.6 is 0 Å². The highest BCUT2D eigenvalue weighted by molar-refractivity contribution is 5.24. The summed E-state index contributed by atoms with van der Waals surface area (Å²) in [5.41, 5.74) is 0.120. The molecule has 0 aromatic rings. The normalized spacial score (nSPS) is 25.9. The summed E-state index contributed by atoms with van der Waals surface area (Å²) in [5, 5.41) is 8.87. The van der Waals surface area contributed by atoms with Crippen LogP contribution in [0.4, 0.5) is 0 Å². The zero-order valence-corrected chi connectivity index (χ0v) is 17.6. The quantitative estimate of drug-likeness (QED) is 0.138. The first-order chi connectivity index (χ1) is 13.2. The predicted octanol–water partition coefficient (Wildman–Crippen LogP) is 7.67. The van der Waals surface area contributed by atoms with Crippen LogP contribution in [0.15, 0.2) is 60.8 Å².